The highest BCUT2D eigenvalue weighted by molar-refractivity contribution is 8.00. The lowest BCUT2D eigenvalue weighted by atomic mass is 9.79. The fourth-order valence-corrected chi connectivity index (χ4v) is 3.28. The van der Waals surface area contributed by atoms with Crippen molar-refractivity contribution < 1.29 is 9.53 Å². The first kappa shape index (κ1) is 10.9. The predicted octanol–water partition coefficient (Wildman–Crippen LogP) is 1.02. The molecule has 1 rings (SSSR count). The van der Waals surface area contributed by atoms with Gasteiger partial charge in [-0.2, -0.15) is 11.8 Å². The molecule has 1 aliphatic rings. The van der Waals surface area contributed by atoms with Gasteiger partial charge in [0.2, 0.25) is 0 Å². The van der Waals surface area contributed by atoms with E-state index in [1.165, 1.54) is 7.11 Å². The molecule has 2 unspecified atom stereocenters. The molecule has 4 heteroatoms. The van der Waals surface area contributed by atoms with Crippen LogP contribution in [0.2, 0.25) is 0 Å². The molecule has 0 aromatic heterocycles. The molecule has 0 saturated carbocycles. The first-order valence-corrected chi connectivity index (χ1v) is 5.58. The Morgan fingerprint density at radius 2 is 2.46 bits per heavy atom. The molecule has 0 aliphatic carbocycles. The molecular weight excluding hydrogens is 186 g/mol. The third-order valence-corrected chi connectivity index (χ3v) is 4.40. The van der Waals surface area contributed by atoms with Crippen molar-refractivity contribution in [3.8, 4) is 0 Å². The van der Waals surface area contributed by atoms with Crippen LogP contribution in [-0.2, 0) is 9.53 Å². The van der Waals surface area contributed by atoms with Crippen molar-refractivity contribution in [2.24, 2.45) is 11.1 Å². The first-order valence-electron chi connectivity index (χ1n) is 4.53. The van der Waals surface area contributed by atoms with Gasteiger partial charge in [-0.15, -0.1) is 0 Å². The van der Waals surface area contributed by atoms with Gasteiger partial charge in [0, 0.05) is 10.7 Å². The lowest BCUT2D eigenvalue weighted by molar-refractivity contribution is -0.143. The lowest BCUT2D eigenvalue weighted by Gasteiger charge is -2.30. The van der Waals surface area contributed by atoms with E-state index in [0.29, 0.717) is 18.2 Å². The minimum Gasteiger partial charge on any atom is -0.469 e. The number of hydrogen-bond acceptors (Lipinski definition) is 4. The summed E-state index contributed by atoms with van der Waals surface area (Å²) in [5.41, 5.74) is 5.72. The monoisotopic (exact) mass is 203 g/mol. The summed E-state index contributed by atoms with van der Waals surface area (Å²) in [6.07, 6.45) is 1.50. The number of carbonyl (C=O) groups is 1. The van der Waals surface area contributed by atoms with E-state index in [2.05, 4.69) is 11.7 Å². The van der Waals surface area contributed by atoms with Gasteiger partial charge in [0.25, 0.3) is 0 Å². The minimum atomic E-state index is -0.139. The van der Waals surface area contributed by atoms with Crippen molar-refractivity contribution >= 4 is 17.7 Å². The van der Waals surface area contributed by atoms with Crippen LogP contribution in [0.5, 0.6) is 0 Å². The van der Waals surface area contributed by atoms with Crippen LogP contribution in [0.25, 0.3) is 0 Å². The zero-order valence-electron chi connectivity index (χ0n) is 8.21. The zero-order valence-corrected chi connectivity index (χ0v) is 9.02. The summed E-state index contributed by atoms with van der Waals surface area (Å²) in [6, 6.07) is 0. The summed E-state index contributed by atoms with van der Waals surface area (Å²) >= 11 is 1.89. The van der Waals surface area contributed by atoms with Crippen molar-refractivity contribution in [3.05, 3.63) is 0 Å². The van der Waals surface area contributed by atoms with Crippen molar-refractivity contribution in [1.29, 1.82) is 0 Å². The third kappa shape index (κ3) is 2.17. The second kappa shape index (κ2) is 4.33. The second-order valence-electron chi connectivity index (χ2n) is 3.58. The molecule has 0 aromatic carbocycles. The smallest absolute Gasteiger partial charge is 0.306 e. The molecule has 2 N–H and O–H groups in total. The van der Waals surface area contributed by atoms with E-state index in [4.69, 9.17) is 5.73 Å². The topological polar surface area (TPSA) is 52.3 Å². The van der Waals surface area contributed by atoms with Gasteiger partial charge in [-0.1, -0.05) is 6.92 Å². The molecule has 1 fully saturated rings. The number of esters is 1. The maximum atomic E-state index is 11.2. The van der Waals surface area contributed by atoms with Crippen LogP contribution in [0.15, 0.2) is 0 Å². The Morgan fingerprint density at radius 1 is 1.77 bits per heavy atom. The van der Waals surface area contributed by atoms with Gasteiger partial charge in [-0.25, -0.2) is 0 Å². The normalized spacial score (nSPS) is 33.3. The van der Waals surface area contributed by atoms with Crippen LogP contribution >= 0.6 is 11.8 Å². The molecule has 0 radical (unpaired) electrons. The summed E-state index contributed by atoms with van der Waals surface area (Å²) in [6.45, 7) is 2.73. The van der Waals surface area contributed by atoms with Gasteiger partial charge in [0.15, 0.2) is 0 Å². The Kier molecular flexibility index (Phi) is 3.62. The molecule has 1 saturated heterocycles. The number of rotatable bonds is 3. The Balaban J connectivity index is 2.64. The molecule has 1 aliphatic heterocycles. The Morgan fingerprint density at radius 3 is 2.85 bits per heavy atom. The van der Waals surface area contributed by atoms with Gasteiger partial charge in [0.05, 0.1) is 13.5 Å². The highest BCUT2D eigenvalue weighted by atomic mass is 32.2. The van der Waals surface area contributed by atoms with Crippen molar-refractivity contribution in [2.75, 3.05) is 19.4 Å². The van der Waals surface area contributed by atoms with Gasteiger partial charge < -0.3 is 10.5 Å². The van der Waals surface area contributed by atoms with E-state index in [1.807, 2.05) is 11.8 Å². The number of nitrogens with two attached hydrogens (primary N) is 1. The molecule has 76 valence electrons. The number of ether oxygens (including phenoxy) is 1. The number of hydrogen-bond donors (Lipinski definition) is 1. The zero-order chi connectivity index (χ0) is 9.90. The third-order valence-electron chi connectivity index (χ3n) is 2.96. The molecule has 0 aromatic rings. The molecule has 0 spiro atoms. The van der Waals surface area contributed by atoms with Crippen LogP contribution in [0.3, 0.4) is 0 Å². The molecule has 2 atom stereocenters. The number of carbonyl (C=O) groups excluding carboxylic acids is 1. The lowest BCUT2D eigenvalue weighted by Crippen LogP contribution is -2.37. The van der Waals surface area contributed by atoms with Crippen LogP contribution in [0.1, 0.15) is 19.8 Å². The summed E-state index contributed by atoms with van der Waals surface area (Å²) in [7, 11) is 1.43. The van der Waals surface area contributed by atoms with E-state index in [0.717, 1.165) is 12.2 Å². The summed E-state index contributed by atoms with van der Waals surface area (Å²) < 4.78 is 4.68. The minimum absolute atomic E-state index is 0.0161. The quantitative estimate of drug-likeness (QED) is 0.696. The van der Waals surface area contributed by atoms with Gasteiger partial charge >= 0.3 is 5.97 Å². The van der Waals surface area contributed by atoms with Crippen molar-refractivity contribution in [2.45, 2.75) is 25.0 Å². The molecule has 13 heavy (non-hydrogen) atoms. The average molecular weight is 203 g/mol. The van der Waals surface area contributed by atoms with Crippen LogP contribution in [-0.4, -0.2) is 30.6 Å². The maximum Gasteiger partial charge on any atom is 0.306 e. The molecular formula is C9H17NO2S. The molecule has 0 bridgehead atoms. The molecule has 1 heterocycles. The van der Waals surface area contributed by atoms with Crippen molar-refractivity contribution in [1.82, 2.24) is 0 Å². The fraction of sp³-hybridized carbons (Fsp3) is 0.889. The molecule has 3 nitrogen and oxygen atoms in total. The Labute approximate surface area is 83.4 Å². The van der Waals surface area contributed by atoms with Crippen molar-refractivity contribution in [3.63, 3.8) is 0 Å². The van der Waals surface area contributed by atoms with Gasteiger partial charge in [-0.3, -0.25) is 4.79 Å². The van der Waals surface area contributed by atoms with E-state index in [9.17, 15) is 4.79 Å². The predicted molar refractivity (Wildman–Crippen MR) is 54.7 cm³/mol. The summed E-state index contributed by atoms with van der Waals surface area (Å²) in [5.74, 6) is 0.967. The summed E-state index contributed by atoms with van der Waals surface area (Å²) in [5, 5.41) is 0.469. The molecule has 0 amide bonds. The second-order valence-corrected chi connectivity index (χ2v) is 5.03. The number of thioether (sulfide) groups is 1. The van der Waals surface area contributed by atoms with E-state index < -0.39 is 0 Å². The van der Waals surface area contributed by atoms with Crippen LogP contribution in [0, 0.1) is 5.41 Å². The van der Waals surface area contributed by atoms with Gasteiger partial charge in [-0.05, 0) is 18.7 Å². The van der Waals surface area contributed by atoms with Gasteiger partial charge in [0.1, 0.15) is 0 Å². The Hall–Kier alpha value is -0.220. The highest BCUT2D eigenvalue weighted by Crippen LogP contribution is 2.44. The standard InChI is InChI=1S/C9H17NO2S/c1-7-9(6-10,3-4-13-7)5-8(11)12-2/h7H,3-6,10H2,1-2H3. The van der Waals surface area contributed by atoms with Crippen LogP contribution < -0.4 is 5.73 Å². The highest BCUT2D eigenvalue weighted by Gasteiger charge is 2.41. The van der Waals surface area contributed by atoms with E-state index in [1.54, 1.807) is 0 Å². The Bertz CT molecular complexity index is 198. The fourth-order valence-electron chi connectivity index (χ4n) is 1.75. The van der Waals surface area contributed by atoms with E-state index >= 15 is 0 Å². The number of methoxy groups -OCH3 is 1. The van der Waals surface area contributed by atoms with Crippen LogP contribution in [0.4, 0.5) is 0 Å². The average Bonchev–Trinajstić information content (AvgIpc) is 2.48. The maximum absolute atomic E-state index is 11.2. The van der Waals surface area contributed by atoms with E-state index in [-0.39, 0.29) is 11.4 Å². The first-order chi connectivity index (χ1) is 6.14. The SMILES string of the molecule is COC(=O)CC1(CN)CCSC1C. The largest absolute Gasteiger partial charge is 0.469 e. The summed E-state index contributed by atoms with van der Waals surface area (Å²) in [4.78, 5) is 11.2.